The minimum Gasteiger partial charge on any atom is -0.342 e. The normalized spacial score (nSPS) is 14.5. The van der Waals surface area contributed by atoms with Gasteiger partial charge in [0.1, 0.15) is 11.9 Å². The third-order valence-electron chi connectivity index (χ3n) is 5.90. The second kappa shape index (κ2) is 10.1. The van der Waals surface area contributed by atoms with E-state index in [1.807, 2.05) is 29.8 Å². The first-order valence-corrected chi connectivity index (χ1v) is 12.8. The topological polar surface area (TPSA) is 93.1 Å². The number of sulfonamides is 1. The van der Waals surface area contributed by atoms with Gasteiger partial charge >= 0.3 is 0 Å². The molecule has 1 amide bonds. The smallest absolute Gasteiger partial charge is 0.240 e. The summed E-state index contributed by atoms with van der Waals surface area (Å²) in [6.07, 6.45) is 7.58. The summed E-state index contributed by atoms with van der Waals surface area (Å²) in [5.74, 6) is 0.381. The lowest BCUT2D eigenvalue weighted by Gasteiger charge is -2.19. The van der Waals surface area contributed by atoms with Gasteiger partial charge in [0.2, 0.25) is 15.9 Å². The summed E-state index contributed by atoms with van der Waals surface area (Å²) in [6, 6.07) is 12.0. The van der Waals surface area contributed by atoms with Gasteiger partial charge in [-0.1, -0.05) is 29.8 Å². The molecule has 0 saturated carbocycles. The van der Waals surface area contributed by atoms with Crippen molar-refractivity contribution in [2.24, 2.45) is 7.05 Å². The van der Waals surface area contributed by atoms with E-state index in [1.54, 1.807) is 36.7 Å². The molecule has 9 heteroatoms. The van der Waals surface area contributed by atoms with Crippen molar-refractivity contribution in [2.45, 2.75) is 43.0 Å². The number of carbonyl (C=O) groups excluding carboxylic acids is 1. The molecule has 7 nitrogen and oxygen atoms in total. The summed E-state index contributed by atoms with van der Waals surface area (Å²) >= 11 is 6.01. The van der Waals surface area contributed by atoms with E-state index in [1.165, 1.54) is 5.56 Å². The first kappa shape index (κ1) is 23.5. The number of aromatic nitrogens is 2. The molecule has 0 bridgehead atoms. The maximum absolute atomic E-state index is 12.7. The molecule has 2 aromatic carbocycles. The molecule has 33 heavy (non-hydrogen) atoms. The number of carbonyl (C=O) groups is 1. The average Bonchev–Trinajstić information content (AvgIpc) is 3.23. The van der Waals surface area contributed by atoms with Crippen LogP contribution in [0.2, 0.25) is 5.02 Å². The Morgan fingerprint density at radius 3 is 2.55 bits per heavy atom. The highest BCUT2D eigenvalue weighted by atomic mass is 35.5. The highest BCUT2D eigenvalue weighted by Crippen LogP contribution is 2.24. The number of halogens is 1. The largest absolute Gasteiger partial charge is 0.342 e. The third kappa shape index (κ3) is 5.63. The lowest BCUT2D eigenvalue weighted by Crippen LogP contribution is -2.34. The van der Waals surface area contributed by atoms with Crippen molar-refractivity contribution < 1.29 is 13.2 Å². The van der Waals surface area contributed by atoms with Crippen LogP contribution in [-0.4, -0.2) is 30.4 Å². The molecule has 0 spiro atoms. The molecule has 1 aromatic heterocycles. The molecule has 1 aliphatic rings. The Kier molecular flexibility index (Phi) is 7.17. The van der Waals surface area contributed by atoms with Gasteiger partial charge in [0.25, 0.3) is 0 Å². The summed E-state index contributed by atoms with van der Waals surface area (Å²) in [7, 11) is -1.83. The van der Waals surface area contributed by atoms with Gasteiger partial charge in [-0.05, 0) is 66.6 Å². The van der Waals surface area contributed by atoms with Crippen LogP contribution in [0.25, 0.3) is 0 Å². The molecule has 0 saturated heterocycles. The summed E-state index contributed by atoms with van der Waals surface area (Å²) in [4.78, 5) is 17.3. The van der Waals surface area contributed by atoms with Crippen molar-refractivity contribution in [1.29, 1.82) is 0 Å². The lowest BCUT2D eigenvalue weighted by atomic mass is 9.92. The van der Waals surface area contributed by atoms with Crippen LogP contribution in [0.5, 0.6) is 0 Å². The Morgan fingerprint density at radius 1 is 1.12 bits per heavy atom. The van der Waals surface area contributed by atoms with Crippen molar-refractivity contribution >= 4 is 27.5 Å². The molecule has 0 fully saturated rings. The number of hydrogen-bond acceptors (Lipinski definition) is 4. The molecule has 0 aliphatic heterocycles. The maximum Gasteiger partial charge on any atom is 0.240 e. The van der Waals surface area contributed by atoms with Crippen LogP contribution in [0.3, 0.4) is 0 Å². The van der Waals surface area contributed by atoms with Crippen LogP contribution in [0.15, 0.2) is 59.8 Å². The number of imidazole rings is 1. The predicted octanol–water partition coefficient (Wildman–Crippen LogP) is 3.53. The van der Waals surface area contributed by atoms with E-state index in [4.69, 9.17) is 11.6 Å². The Morgan fingerprint density at radius 2 is 1.85 bits per heavy atom. The number of benzene rings is 2. The predicted molar refractivity (Wildman–Crippen MR) is 128 cm³/mol. The SMILES string of the molecule is Cn1ccnc1C(NC(=O)CCNS(=O)(=O)c1ccc2c(c1)CCCC2)c1ccc(Cl)cc1. The summed E-state index contributed by atoms with van der Waals surface area (Å²) in [5.41, 5.74) is 3.15. The zero-order valence-corrected chi connectivity index (χ0v) is 20.0. The van der Waals surface area contributed by atoms with E-state index in [-0.39, 0.29) is 23.8 Å². The van der Waals surface area contributed by atoms with E-state index in [0.717, 1.165) is 36.8 Å². The van der Waals surface area contributed by atoms with Gasteiger partial charge in [-0.3, -0.25) is 4.79 Å². The molecule has 1 aliphatic carbocycles. The number of nitrogens with one attached hydrogen (secondary N) is 2. The number of fused-ring (bicyclic) bond motifs is 1. The van der Waals surface area contributed by atoms with Gasteiger partial charge in [-0.25, -0.2) is 18.1 Å². The van der Waals surface area contributed by atoms with E-state index in [2.05, 4.69) is 15.0 Å². The number of hydrogen-bond donors (Lipinski definition) is 2. The maximum atomic E-state index is 12.7. The fourth-order valence-electron chi connectivity index (χ4n) is 4.10. The monoisotopic (exact) mass is 486 g/mol. The number of amides is 1. The van der Waals surface area contributed by atoms with Crippen molar-refractivity contribution in [3.05, 3.63) is 82.4 Å². The minimum atomic E-state index is -3.69. The van der Waals surface area contributed by atoms with Gasteiger partial charge in [0, 0.05) is 37.4 Å². The van der Waals surface area contributed by atoms with E-state index in [9.17, 15) is 13.2 Å². The number of nitrogens with zero attached hydrogens (tertiary/aromatic N) is 2. The van der Waals surface area contributed by atoms with Gasteiger partial charge in [-0.2, -0.15) is 0 Å². The molecular weight excluding hydrogens is 460 g/mol. The number of aryl methyl sites for hydroxylation is 3. The van der Waals surface area contributed by atoms with Crippen LogP contribution in [0.1, 0.15) is 47.8 Å². The molecule has 4 rings (SSSR count). The molecule has 0 radical (unpaired) electrons. The van der Waals surface area contributed by atoms with Crippen LogP contribution in [-0.2, 0) is 34.7 Å². The summed E-state index contributed by atoms with van der Waals surface area (Å²) in [5, 5.41) is 3.56. The first-order valence-electron chi connectivity index (χ1n) is 11.0. The minimum absolute atomic E-state index is 0.000839. The van der Waals surface area contributed by atoms with Crippen LogP contribution >= 0.6 is 11.6 Å². The Hall–Kier alpha value is -2.68. The number of rotatable bonds is 8. The molecule has 1 atom stereocenters. The van der Waals surface area contributed by atoms with Gasteiger partial charge in [-0.15, -0.1) is 0 Å². The van der Waals surface area contributed by atoms with Gasteiger partial charge in [0.05, 0.1) is 4.90 Å². The quantitative estimate of drug-likeness (QED) is 0.509. The standard InChI is InChI=1S/C24H27ClN4O3S/c1-29-15-14-26-24(29)23(18-6-9-20(25)10-7-18)28-22(30)12-13-27-33(31,32)21-11-8-17-4-2-3-5-19(17)16-21/h6-11,14-16,23,27H,2-5,12-13H2,1H3,(H,28,30). The Labute approximate surface area is 199 Å². The van der Waals surface area contributed by atoms with Crippen molar-refractivity contribution in [3.63, 3.8) is 0 Å². The Balaban J connectivity index is 1.40. The van der Waals surface area contributed by atoms with E-state index < -0.39 is 16.1 Å². The van der Waals surface area contributed by atoms with Crippen LogP contribution in [0.4, 0.5) is 0 Å². The highest BCUT2D eigenvalue weighted by molar-refractivity contribution is 7.89. The van der Waals surface area contributed by atoms with Crippen LogP contribution < -0.4 is 10.0 Å². The average molecular weight is 487 g/mol. The van der Waals surface area contributed by atoms with Crippen molar-refractivity contribution in [3.8, 4) is 0 Å². The van der Waals surface area contributed by atoms with Gasteiger partial charge in [0.15, 0.2) is 0 Å². The fraction of sp³-hybridized carbons (Fsp3) is 0.333. The van der Waals surface area contributed by atoms with Crippen molar-refractivity contribution in [1.82, 2.24) is 19.6 Å². The molecule has 1 heterocycles. The summed E-state index contributed by atoms with van der Waals surface area (Å²) < 4.78 is 29.9. The van der Waals surface area contributed by atoms with Gasteiger partial charge < -0.3 is 9.88 Å². The molecule has 1 unspecified atom stereocenters. The first-order chi connectivity index (χ1) is 15.8. The zero-order valence-electron chi connectivity index (χ0n) is 18.4. The van der Waals surface area contributed by atoms with E-state index >= 15 is 0 Å². The highest BCUT2D eigenvalue weighted by Gasteiger charge is 2.22. The summed E-state index contributed by atoms with van der Waals surface area (Å²) in [6.45, 7) is -0.000839. The second-order valence-corrected chi connectivity index (χ2v) is 10.4. The Bertz CT molecular complexity index is 1240. The van der Waals surface area contributed by atoms with Crippen molar-refractivity contribution in [2.75, 3.05) is 6.54 Å². The molecular formula is C24H27ClN4O3S. The van der Waals surface area contributed by atoms with Crippen LogP contribution in [0, 0.1) is 0 Å². The zero-order chi connectivity index (χ0) is 23.4. The molecule has 2 N–H and O–H groups in total. The lowest BCUT2D eigenvalue weighted by molar-refractivity contribution is -0.121. The van der Waals surface area contributed by atoms with E-state index in [0.29, 0.717) is 10.8 Å². The fourth-order valence-corrected chi connectivity index (χ4v) is 5.31. The molecule has 3 aromatic rings. The molecule has 174 valence electrons. The third-order valence-corrected chi connectivity index (χ3v) is 7.61. The second-order valence-electron chi connectivity index (χ2n) is 8.23.